The third kappa shape index (κ3) is 5.65. The molecule has 0 bridgehead atoms. The van der Waals surface area contributed by atoms with Gasteiger partial charge >= 0.3 is 5.97 Å². The van der Waals surface area contributed by atoms with Crippen LogP contribution in [-0.2, 0) is 22.5 Å². The summed E-state index contributed by atoms with van der Waals surface area (Å²) in [5.41, 5.74) is 2.58. The van der Waals surface area contributed by atoms with Gasteiger partial charge in [-0.2, -0.15) is 0 Å². The Balaban J connectivity index is 2.22. The normalized spacial score (nSPS) is 12.3. The molecule has 172 valence electrons. The number of carbonyl (C=O) groups is 1. The second-order valence-electron chi connectivity index (χ2n) is 9.73. The van der Waals surface area contributed by atoms with Crippen LogP contribution in [0.15, 0.2) is 52.3 Å². The van der Waals surface area contributed by atoms with Crippen molar-refractivity contribution in [3.05, 3.63) is 53.7 Å². The van der Waals surface area contributed by atoms with Gasteiger partial charge in [-0.15, -0.1) is 24.4 Å². The van der Waals surface area contributed by atoms with Gasteiger partial charge in [0.15, 0.2) is 0 Å². The van der Waals surface area contributed by atoms with Gasteiger partial charge in [0.25, 0.3) is 0 Å². The first-order chi connectivity index (χ1) is 14.9. The number of phenolic OH excluding ortho intramolecular Hbond substituents is 1. The summed E-state index contributed by atoms with van der Waals surface area (Å²) < 4.78 is 7.62. The monoisotopic (exact) mass is 471 g/mol. The molecule has 0 radical (unpaired) electrons. The summed E-state index contributed by atoms with van der Waals surface area (Å²) in [6.45, 7) is 13.3. The summed E-state index contributed by atoms with van der Waals surface area (Å²) in [4.78, 5) is 14.8. The molecule has 32 heavy (non-hydrogen) atoms. The molecule has 0 aliphatic carbocycles. The molecule has 3 aromatic rings. The molecule has 0 saturated heterocycles. The number of nitrogens with zero attached hydrogens (tertiary/aromatic N) is 1. The van der Waals surface area contributed by atoms with Crippen molar-refractivity contribution in [2.75, 3.05) is 6.61 Å². The van der Waals surface area contributed by atoms with Crippen molar-refractivity contribution >= 4 is 41.3 Å². The smallest absolute Gasteiger partial charge is 0.311 e. The molecule has 2 aromatic carbocycles. The Kier molecular flexibility index (Phi) is 7.25. The molecular weight excluding hydrogens is 438 g/mol. The standard InChI is InChI=1S/C26H33NO3S2/c1-7-30-24(29)26(5,6)15-22-23(32-25(2,3)4)20-14-18(28)10-13-21(20)27(22)16-17-8-11-19(31)12-9-17/h8-14,28,31H,7,15-16H2,1-6H3. The number of hydrogen-bond acceptors (Lipinski definition) is 5. The number of fused-ring (bicyclic) bond motifs is 1. The lowest BCUT2D eigenvalue weighted by molar-refractivity contribution is -0.153. The van der Waals surface area contributed by atoms with Crippen molar-refractivity contribution < 1.29 is 14.6 Å². The number of thiol groups is 1. The molecule has 6 heteroatoms. The first-order valence-electron chi connectivity index (χ1n) is 10.9. The zero-order chi connectivity index (χ0) is 23.7. The average molecular weight is 472 g/mol. The van der Waals surface area contributed by atoms with Crippen molar-refractivity contribution in [3.8, 4) is 5.75 Å². The highest BCUT2D eigenvalue weighted by Gasteiger charge is 2.34. The number of aromatic nitrogens is 1. The lowest BCUT2D eigenvalue weighted by Gasteiger charge is -2.26. The number of phenols is 1. The van der Waals surface area contributed by atoms with Crippen LogP contribution in [0.2, 0.25) is 0 Å². The lowest BCUT2D eigenvalue weighted by Crippen LogP contribution is -2.30. The fourth-order valence-electron chi connectivity index (χ4n) is 3.74. The maximum absolute atomic E-state index is 12.8. The van der Waals surface area contributed by atoms with Gasteiger partial charge < -0.3 is 14.4 Å². The summed E-state index contributed by atoms with van der Waals surface area (Å²) in [5, 5.41) is 11.3. The van der Waals surface area contributed by atoms with Gasteiger partial charge in [0.05, 0.1) is 12.0 Å². The first kappa shape index (κ1) is 24.6. The maximum atomic E-state index is 12.8. The van der Waals surface area contributed by atoms with Gasteiger partial charge in [0, 0.05) is 44.1 Å². The van der Waals surface area contributed by atoms with Crippen LogP contribution in [0.4, 0.5) is 0 Å². The predicted molar refractivity (Wildman–Crippen MR) is 136 cm³/mol. The van der Waals surface area contributed by atoms with Crippen LogP contribution >= 0.6 is 24.4 Å². The number of hydrogen-bond donors (Lipinski definition) is 2. The molecule has 0 spiro atoms. The van der Waals surface area contributed by atoms with E-state index in [9.17, 15) is 9.90 Å². The highest BCUT2D eigenvalue weighted by Crippen LogP contribution is 2.44. The van der Waals surface area contributed by atoms with Gasteiger partial charge in [-0.1, -0.05) is 32.9 Å². The van der Waals surface area contributed by atoms with Crippen molar-refractivity contribution in [1.29, 1.82) is 0 Å². The summed E-state index contributed by atoms with van der Waals surface area (Å²) in [5.74, 6) is 0.0341. The van der Waals surface area contributed by atoms with E-state index in [1.807, 2.05) is 45.0 Å². The molecule has 0 amide bonds. The van der Waals surface area contributed by atoms with E-state index in [0.29, 0.717) is 19.6 Å². The Morgan fingerprint density at radius 1 is 1.09 bits per heavy atom. The topological polar surface area (TPSA) is 51.5 Å². The number of thioether (sulfide) groups is 1. The molecule has 4 nitrogen and oxygen atoms in total. The molecular formula is C26H33NO3S2. The fourth-order valence-corrected chi connectivity index (χ4v) is 5.08. The molecule has 1 N–H and O–H groups in total. The van der Waals surface area contributed by atoms with Gasteiger partial charge in [-0.05, 0) is 56.7 Å². The first-order valence-corrected chi connectivity index (χ1v) is 12.2. The highest BCUT2D eigenvalue weighted by molar-refractivity contribution is 8.00. The van der Waals surface area contributed by atoms with Crippen LogP contribution in [0.25, 0.3) is 10.9 Å². The minimum absolute atomic E-state index is 0.0406. The molecule has 0 fully saturated rings. The summed E-state index contributed by atoms with van der Waals surface area (Å²) in [6.07, 6.45) is 0.532. The number of rotatable bonds is 7. The Hall–Kier alpha value is -2.05. The Labute approximate surface area is 200 Å². The van der Waals surface area contributed by atoms with E-state index < -0.39 is 5.41 Å². The minimum Gasteiger partial charge on any atom is -0.508 e. The van der Waals surface area contributed by atoms with Crippen LogP contribution in [0.5, 0.6) is 5.75 Å². The van der Waals surface area contributed by atoms with Crippen molar-refractivity contribution in [2.24, 2.45) is 5.41 Å². The second-order valence-corrected chi connectivity index (χ2v) is 12.1. The summed E-state index contributed by atoms with van der Waals surface area (Å²) in [6, 6.07) is 13.6. The van der Waals surface area contributed by atoms with Gasteiger partial charge in [-0.3, -0.25) is 4.79 Å². The molecule has 0 saturated carbocycles. The van der Waals surface area contributed by atoms with Crippen molar-refractivity contribution in [3.63, 3.8) is 0 Å². The molecule has 0 unspecified atom stereocenters. The lowest BCUT2D eigenvalue weighted by atomic mass is 9.87. The van der Waals surface area contributed by atoms with E-state index in [4.69, 9.17) is 4.74 Å². The van der Waals surface area contributed by atoms with E-state index in [1.165, 1.54) is 0 Å². The Morgan fingerprint density at radius 3 is 2.34 bits per heavy atom. The van der Waals surface area contributed by atoms with Crippen LogP contribution in [0, 0.1) is 5.41 Å². The third-order valence-corrected chi connectivity index (χ3v) is 6.80. The van der Waals surface area contributed by atoms with Crippen LogP contribution in [-0.4, -0.2) is 27.0 Å². The Morgan fingerprint density at radius 2 is 1.75 bits per heavy atom. The van der Waals surface area contributed by atoms with E-state index in [2.05, 4.69) is 50.1 Å². The average Bonchev–Trinajstić information content (AvgIpc) is 2.94. The van der Waals surface area contributed by atoms with Crippen LogP contribution < -0.4 is 0 Å². The fraction of sp³-hybridized carbons (Fsp3) is 0.423. The minimum atomic E-state index is -0.688. The van der Waals surface area contributed by atoms with E-state index >= 15 is 0 Å². The summed E-state index contributed by atoms with van der Waals surface area (Å²) in [7, 11) is 0. The van der Waals surface area contributed by atoms with Crippen LogP contribution in [0.1, 0.15) is 52.8 Å². The maximum Gasteiger partial charge on any atom is 0.311 e. The number of carbonyl (C=O) groups excluding carboxylic acids is 1. The number of ether oxygens (including phenoxy) is 1. The zero-order valence-electron chi connectivity index (χ0n) is 19.7. The van der Waals surface area contributed by atoms with E-state index in [-0.39, 0.29) is 16.5 Å². The van der Waals surface area contributed by atoms with Crippen LogP contribution in [0.3, 0.4) is 0 Å². The van der Waals surface area contributed by atoms with Crippen molar-refractivity contribution in [2.45, 2.75) is 69.0 Å². The molecule has 0 aliphatic rings. The SMILES string of the molecule is CCOC(=O)C(C)(C)Cc1c(SC(C)(C)C)c2cc(O)ccc2n1Cc1ccc(S)cc1. The quantitative estimate of drug-likeness (QED) is 0.228. The molecule has 3 rings (SSSR count). The number of benzene rings is 2. The Bertz CT molecular complexity index is 1110. The molecule has 0 aliphatic heterocycles. The number of esters is 1. The third-order valence-electron chi connectivity index (χ3n) is 5.23. The zero-order valence-corrected chi connectivity index (χ0v) is 21.4. The molecule has 0 atom stereocenters. The van der Waals surface area contributed by atoms with Gasteiger partial charge in [-0.25, -0.2) is 0 Å². The second kappa shape index (κ2) is 9.44. The summed E-state index contributed by atoms with van der Waals surface area (Å²) >= 11 is 6.18. The largest absolute Gasteiger partial charge is 0.508 e. The number of aromatic hydroxyl groups is 1. The van der Waals surface area contributed by atoms with E-state index in [1.54, 1.807) is 17.8 Å². The van der Waals surface area contributed by atoms with Gasteiger partial charge in [0.2, 0.25) is 0 Å². The highest BCUT2D eigenvalue weighted by atomic mass is 32.2. The molecule has 1 heterocycles. The molecule has 1 aromatic heterocycles. The van der Waals surface area contributed by atoms with Gasteiger partial charge in [0.1, 0.15) is 5.75 Å². The van der Waals surface area contributed by atoms with E-state index in [0.717, 1.165) is 32.0 Å². The predicted octanol–water partition coefficient (Wildman–Crippen LogP) is 6.71. The van der Waals surface area contributed by atoms with Crippen molar-refractivity contribution in [1.82, 2.24) is 4.57 Å².